The molecule has 0 spiro atoms. The third-order valence-electron chi connectivity index (χ3n) is 2.98. The van der Waals surface area contributed by atoms with E-state index < -0.39 is 0 Å². The molecule has 1 aliphatic heterocycles. The van der Waals surface area contributed by atoms with Gasteiger partial charge >= 0.3 is 0 Å². The second-order valence-corrected chi connectivity index (χ2v) is 3.58. The fraction of sp³-hybridized carbons (Fsp3) is 1.00. The zero-order chi connectivity index (χ0) is 6.97. The van der Waals surface area contributed by atoms with Crippen LogP contribution < -0.4 is 5.32 Å². The van der Waals surface area contributed by atoms with Crippen LogP contribution in [0.5, 0.6) is 0 Å². The van der Waals surface area contributed by atoms with E-state index in [1.807, 2.05) is 0 Å². The molecule has 0 aromatic rings. The largest absolute Gasteiger partial charge is 0.391 e. The summed E-state index contributed by atoms with van der Waals surface area (Å²) in [5.74, 6) is 1.42. The first kappa shape index (κ1) is 9.30. The van der Waals surface area contributed by atoms with Crippen molar-refractivity contribution in [2.45, 2.75) is 25.4 Å². The van der Waals surface area contributed by atoms with Gasteiger partial charge in [0.05, 0.1) is 6.10 Å². The minimum Gasteiger partial charge on any atom is -0.391 e. The summed E-state index contributed by atoms with van der Waals surface area (Å²) < 4.78 is 0. The first-order valence-electron chi connectivity index (χ1n) is 4.26. The van der Waals surface area contributed by atoms with Gasteiger partial charge in [0.25, 0.3) is 0 Å². The molecule has 66 valence electrons. The van der Waals surface area contributed by atoms with Gasteiger partial charge < -0.3 is 10.4 Å². The molecule has 2 atom stereocenters. The summed E-state index contributed by atoms with van der Waals surface area (Å²) in [5, 5.41) is 12.7. The Morgan fingerprint density at radius 1 is 1.18 bits per heavy atom. The summed E-state index contributed by atoms with van der Waals surface area (Å²) in [7, 11) is 0. The van der Waals surface area contributed by atoms with Crippen LogP contribution >= 0.6 is 12.4 Å². The van der Waals surface area contributed by atoms with Crippen molar-refractivity contribution in [2.24, 2.45) is 11.8 Å². The molecule has 2 nitrogen and oxygen atoms in total. The minimum absolute atomic E-state index is 0. The first-order chi connectivity index (χ1) is 4.88. The highest BCUT2D eigenvalue weighted by Crippen LogP contribution is 2.36. The van der Waals surface area contributed by atoms with E-state index in [2.05, 4.69) is 5.32 Å². The maximum Gasteiger partial charge on any atom is 0.0707 e. The topological polar surface area (TPSA) is 32.3 Å². The van der Waals surface area contributed by atoms with Crippen LogP contribution in [0, 0.1) is 11.8 Å². The predicted octanol–water partition coefficient (Wildman–Crippen LogP) is 0.789. The van der Waals surface area contributed by atoms with Crippen molar-refractivity contribution in [3.8, 4) is 0 Å². The Labute approximate surface area is 73.8 Å². The quantitative estimate of drug-likeness (QED) is 0.621. The molecule has 2 fully saturated rings. The van der Waals surface area contributed by atoms with E-state index in [4.69, 9.17) is 0 Å². The Morgan fingerprint density at radius 2 is 1.91 bits per heavy atom. The van der Waals surface area contributed by atoms with Crippen molar-refractivity contribution < 1.29 is 5.11 Å². The molecular weight excluding hydrogens is 162 g/mol. The lowest BCUT2D eigenvalue weighted by Gasteiger charge is -2.32. The van der Waals surface area contributed by atoms with Crippen LogP contribution in [0.2, 0.25) is 0 Å². The summed E-state index contributed by atoms with van der Waals surface area (Å²) in [4.78, 5) is 0. The molecule has 0 bridgehead atoms. The molecule has 2 rings (SSSR count). The van der Waals surface area contributed by atoms with Gasteiger partial charge in [0.1, 0.15) is 0 Å². The van der Waals surface area contributed by atoms with Crippen LogP contribution in [0.1, 0.15) is 19.3 Å². The van der Waals surface area contributed by atoms with Crippen LogP contribution in [0.3, 0.4) is 0 Å². The van der Waals surface area contributed by atoms with Crippen LogP contribution in [-0.4, -0.2) is 24.3 Å². The molecule has 1 heterocycles. The number of nitrogens with one attached hydrogen (secondary N) is 1. The molecule has 0 aromatic carbocycles. The predicted molar refractivity (Wildman–Crippen MR) is 47.0 cm³/mol. The van der Waals surface area contributed by atoms with Gasteiger partial charge in [-0.1, -0.05) is 19.3 Å². The van der Waals surface area contributed by atoms with E-state index >= 15 is 0 Å². The molecule has 2 aliphatic rings. The van der Waals surface area contributed by atoms with E-state index in [0.717, 1.165) is 19.0 Å². The van der Waals surface area contributed by atoms with E-state index in [1.54, 1.807) is 0 Å². The van der Waals surface area contributed by atoms with Crippen LogP contribution in [0.25, 0.3) is 0 Å². The fourth-order valence-electron chi connectivity index (χ4n) is 2.03. The highest BCUT2D eigenvalue weighted by atomic mass is 35.5. The van der Waals surface area contributed by atoms with Crippen molar-refractivity contribution in [3.63, 3.8) is 0 Å². The van der Waals surface area contributed by atoms with Gasteiger partial charge in [0.15, 0.2) is 0 Å². The second-order valence-electron chi connectivity index (χ2n) is 3.58. The maximum absolute atomic E-state index is 9.46. The Kier molecular flexibility index (Phi) is 3.16. The number of hydrogen-bond donors (Lipinski definition) is 2. The number of β-amino-alcohol motifs (C(OH)–C–C–N with tert-alkyl or cyclic N) is 1. The summed E-state index contributed by atoms with van der Waals surface area (Å²) in [5.41, 5.74) is 0. The van der Waals surface area contributed by atoms with Gasteiger partial charge in [0, 0.05) is 19.0 Å². The van der Waals surface area contributed by atoms with Gasteiger partial charge in [-0.05, 0) is 5.92 Å². The van der Waals surface area contributed by atoms with Gasteiger partial charge in [-0.2, -0.15) is 0 Å². The molecule has 0 amide bonds. The Bertz CT molecular complexity index is 127. The lowest BCUT2D eigenvalue weighted by atomic mass is 9.75. The Hall–Kier alpha value is 0.210. The van der Waals surface area contributed by atoms with Crippen LogP contribution in [0.4, 0.5) is 0 Å². The average Bonchev–Trinajstić information content (AvgIpc) is 2.12. The van der Waals surface area contributed by atoms with E-state index in [1.165, 1.54) is 19.3 Å². The molecule has 11 heavy (non-hydrogen) atoms. The standard InChI is InChI=1S/C8H15NO.ClH/c10-8-5-9-4-7(8)6-2-1-3-6;/h6-10H,1-5H2;1H/t7-,8+;/m1./s1. The van der Waals surface area contributed by atoms with E-state index in [-0.39, 0.29) is 18.5 Å². The fourth-order valence-corrected chi connectivity index (χ4v) is 2.03. The van der Waals surface area contributed by atoms with Gasteiger partial charge in [-0.25, -0.2) is 0 Å². The molecule has 1 saturated carbocycles. The first-order valence-corrected chi connectivity index (χ1v) is 4.26. The number of aliphatic hydroxyl groups is 1. The normalized spacial score (nSPS) is 37.9. The summed E-state index contributed by atoms with van der Waals surface area (Å²) in [6.45, 7) is 1.87. The van der Waals surface area contributed by atoms with Gasteiger partial charge in [-0.15, -0.1) is 12.4 Å². The summed E-state index contributed by atoms with van der Waals surface area (Å²) in [6.07, 6.45) is 4.03. The van der Waals surface area contributed by atoms with Crippen LogP contribution in [-0.2, 0) is 0 Å². The smallest absolute Gasteiger partial charge is 0.0707 e. The van der Waals surface area contributed by atoms with Crippen molar-refractivity contribution in [3.05, 3.63) is 0 Å². The Morgan fingerprint density at radius 3 is 2.27 bits per heavy atom. The Balaban J connectivity index is 0.000000605. The molecule has 3 heteroatoms. The SMILES string of the molecule is Cl.O[C@H]1CNC[C@@H]1C1CCC1. The summed E-state index contributed by atoms with van der Waals surface area (Å²) in [6, 6.07) is 0. The monoisotopic (exact) mass is 177 g/mol. The lowest BCUT2D eigenvalue weighted by Crippen LogP contribution is -2.30. The van der Waals surface area contributed by atoms with Crippen molar-refractivity contribution in [2.75, 3.05) is 13.1 Å². The minimum atomic E-state index is -0.0506. The third-order valence-corrected chi connectivity index (χ3v) is 2.98. The lowest BCUT2D eigenvalue weighted by molar-refractivity contribution is 0.0807. The molecule has 0 aromatic heterocycles. The van der Waals surface area contributed by atoms with Gasteiger partial charge in [0.2, 0.25) is 0 Å². The second kappa shape index (κ2) is 3.74. The van der Waals surface area contributed by atoms with E-state index in [0.29, 0.717) is 5.92 Å². The average molecular weight is 178 g/mol. The summed E-state index contributed by atoms with van der Waals surface area (Å²) >= 11 is 0. The zero-order valence-electron chi connectivity index (χ0n) is 6.62. The molecule has 2 N–H and O–H groups in total. The highest BCUT2D eigenvalue weighted by Gasteiger charge is 2.35. The highest BCUT2D eigenvalue weighted by molar-refractivity contribution is 5.85. The van der Waals surface area contributed by atoms with Crippen LogP contribution in [0.15, 0.2) is 0 Å². The number of halogens is 1. The zero-order valence-corrected chi connectivity index (χ0v) is 7.44. The van der Waals surface area contributed by atoms with Crippen molar-refractivity contribution in [1.82, 2.24) is 5.32 Å². The van der Waals surface area contributed by atoms with Crippen molar-refractivity contribution in [1.29, 1.82) is 0 Å². The number of rotatable bonds is 1. The van der Waals surface area contributed by atoms with Gasteiger partial charge in [-0.3, -0.25) is 0 Å². The number of aliphatic hydroxyl groups excluding tert-OH is 1. The number of hydrogen-bond acceptors (Lipinski definition) is 2. The maximum atomic E-state index is 9.46. The third kappa shape index (κ3) is 1.68. The van der Waals surface area contributed by atoms with Crippen molar-refractivity contribution >= 4 is 12.4 Å². The molecule has 1 aliphatic carbocycles. The molecule has 0 unspecified atom stereocenters. The van der Waals surface area contributed by atoms with E-state index in [9.17, 15) is 5.11 Å². The molecular formula is C8H16ClNO. The molecule has 1 saturated heterocycles. The molecule has 0 radical (unpaired) electrons.